The number of carbonyl (C=O) groups excluding carboxylic acids is 1. The zero-order chi connectivity index (χ0) is 20.2. The second-order valence-corrected chi connectivity index (χ2v) is 9.22. The Labute approximate surface area is 169 Å². The molecule has 1 aromatic carbocycles. The van der Waals surface area contributed by atoms with E-state index in [1.165, 1.54) is 24.6 Å². The van der Waals surface area contributed by atoms with Gasteiger partial charge in [0.25, 0.3) is 0 Å². The molecule has 0 radical (unpaired) electrons. The number of methoxy groups -OCH3 is 2. The van der Waals surface area contributed by atoms with Gasteiger partial charge in [-0.2, -0.15) is 4.31 Å². The van der Waals surface area contributed by atoms with Crippen LogP contribution in [0.3, 0.4) is 0 Å². The molecule has 1 saturated heterocycles. The fourth-order valence-corrected chi connectivity index (χ4v) is 5.32. The van der Waals surface area contributed by atoms with E-state index in [0.717, 1.165) is 0 Å². The Morgan fingerprint density at radius 2 is 1.74 bits per heavy atom. The highest BCUT2D eigenvalue weighted by Gasteiger charge is 2.30. The molecule has 0 aromatic heterocycles. The van der Waals surface area contributed by atoms with Crippen molar-refractivity contribution >= 4 is 31.9 Å². The molecule has 1 aromatic rings. The number of hydrogen-bond acceptors (Lipinski definition) is 6. The van der Waals surface area contributed by atoms with E-state index in [4.69, 9.17) is 9.47 Å². The van der Waals surface area contributed by atoms with E-state index in [-0.39, 0.29) is 10.8 Å². The largest absolute Gasteiger partial charge is 0.493 e. The summed E-state index contributed by atoms with van der Waals surface area (Å²) in [6, 6.07) is 3.06. The number of carbonyl (C=O) groups is 1. The maximum Gasteiger partial charge on any atom is 0.244 e. The molecular weight excluding hydrogens is 438 g/mol. The van der Waals surface area contributed by atoms with E-state index >= 15 is 0 Å². The summed E-state index contributed by atoms with van der Waals surface area (Å²) in [7, 11) is 2.68. The van der Waals surface area contributed by atoms with Crippen molar-refractivity contribution in [3.05, 3.63) is 16.6 Å². The quantitative estimate of drug-likeness (QED) is 0.631. The summed E-state index contributed by atoms with van der Waals surface area (Å²) >= 11 is 3.33. The number of rotatable bonds is 6. The summed E-state index contributed by atoms with van der Waals surface area (Å²) in [6.07, 6.45) is 0.658. The first-order valence-electron chi connectivity index (χ1n) is 8.55. The minimum Gasteiger partial charge on any atom is -0.493 e. The van der Waals surface area contributed by atoms with Gasteiger partial charge in [-0.05, 0) is 35.0 Å². The van der Waals surface area contributed by atoms with E-state index in [1.54, 1.807) is 25.1 Å². The van der Waals surface area contributed by atoms with Crippen LogP contribution in [0, 0.1) is 0 Å². The molecule has 2 rings (SSSR count). The predicted octanol–water partition coefficient (Wildman–Crippen LogP) is 1.25. The fraction of sp³-hybridized carbons (Fsp3) is 0.588. The van der Waals surface area contributed by atoms with Crippen molar-refractivity contribution in [2.75, 3.05) is 61.0 Å². The van der Waals surface area contributed by atoms with Crippen molar-refractivity contribution in [3.8, 4) is 11.5 Å². The second-order valence-electron chi connectivity index (χ2n) is 6.46. The lowest BCUT2D eigenvalue weighted by Gasteiger charge is -2.23. The maximum atomic E-state index is 13.2. The minimum atomic E-state index is -3.71. The number of ether oxygens (including phenoxy) is 2. The van der Waals surface area contributed by atoms with E-state index in [9.17, 15) is 13.2 Å². The molecule has 27 heavy (non-hydrogen) atoms. The molecule has 0 bridgehead atoms. The Kier molecular flexibility index (Phi) is 7.49. The third-order valence-corrected chi connectivity index (χ3v) is 7.32. The normalized spacial score (nSPS) is 16.6. The van der Waals surface area contributed by atoms with Crippen molar-refractivity contribution in [1.29, 1.82) is 0 Å². The smallest absolute Gasteiger partial charge is 0.244 e. The molecule has 0 N–H and O–H groups in total. The van der Waals surface area contributed by atoms with Gasteiger partial charge in [0.1, 0.15) is 4.90 Å². The Bertz CT molecular complexity index is 785. The lowest BCUT2D eigenvalue weighted by molar-refractivity contribution is -0.129. The van der Waals surface area contributed by atoms with Crippen LogP contribution in [0.5, 0.6) is 11.5 Å². The summed E-state index contributed by atoms with van der Waals surface area (Å²) in [6.45, 7) is 2.20. The Morgan fingerprint density at radius 1 is 1.11 bits per heavy atom. The van der Waals surface area contributed by atoms with Crippen LogP contribution < -0.4 is 9.47 Å². The van der Waals surface area contributed by atoms with Gasteiger partial charge in [-0.3, -0.25) is 9.69 Å². The van der Waals surface area contributed by atoms with Gasteiger partial charge in [-0.25, -0.2) is 8.42 Å². The number of likely N-dealkylation sites (N-methyl/N-ethyl adjacent to an activating group) is 1. The van der Waals surface area contributed by atoms with Gasteiger partial charge in [0, 0.05) is 44.3 Å². The number of halogens is 1. The molecule has 0 unspecified atom stereocenters. The molecule has 1 amide bonds. The van der Waals surface area contributed by atoms with Crippen LogP contribution in [0.2, 0.25) is 0 Å². The summed E-state index contributed by atoms with van der Waals surface area (Å²) in [4.78, 5) is 15.6. The molecule has 0 saturated carbocycles. The molecule has 152 valence electrons. The molecular formula is C17H26BrN3O5S. The molecule has 8 nitrogen and oxygen atoms in total. The van der Waals surface area contributed by atoms with Crippen LogP contribution >= 0.6 is 15.9 Å². The van der Waals surface area contributed by atoms with Crippen LogP contribution in [-0.4, -0.2) is 89.5 Å². The van der Waals surface area contributed by atoms with Gasteiger partial charge >= 0.3 is 0 Å². The van der Waals surface area contributed by atoms with E-state index in [0.29, 0.717) is 55.1 Å². The van der Waals surface area contributed by atoms with Crippen molar-refractivity contribution in [1.82, 2.24) is 14.1 Å². The van der Waals surface area contributed by atoms with Crippen molar-refractivity contribution < 1.29 is 22.7 Å². The molecule has 1 aliphatic rings. The minimum absolute atomic E-state index is 0.00828. The monoisotopic (exact) mass is 463 g/mol. The number of amides is 1. The average Bonchev–Trinajstić information content (AvgIpc) is 2.87. The Balaban J connectivity index is 2.21. The van der Waals surface area contributed by atoms with Crippen molar-refractivity contribution in [3.63, 3.8) is 0 Å². The van der Waals surface area contributed by atoms with Crippen LogP contribution in [0.1, 0.15) is 6.42 Å². The van der Waals surface area contributed by atoms with Crippen LogP contribution in [0.25, 0.3) is 0 Å². The molecule has 0 aliphatic carbocycles. The highest BCUT2D eigenvalue weighted by Crippen LogP contribution is 2.36. The van der Waals surface area contributed by atoms with Crippen LogP contribution in [0.4, 0.5) is 0 Å². The third kappa shape index (κ3) is 5.13. The molecule has 10 heteroatoms. The zero-order valence-corrected chi connectivity index (χ0v) is 18.5. The molecule has 1 heterocycles. The molecule has 1 fully saturated rings. The van der Waals surface area contributed by atoms with Crippen molar-refractivity contribution in [2.24, 2.45) is 0 Å². The van der Waals surface area contributed by atoms with Crippen LogP contribution in [-0.2, 0) is 14.8 Å². The van der Waals surface area contributed by atoms with Gasteiger partial charge in [-0.1, -0.05) is 0 Å². The second kappa shape index (κ2) is 9.22. The standard InChI is InChI=1S/C17H26BrN3O5S/c1-19(2)17(22)12-20-6-5-7-21(9-8-20)27(23,24)16-11-15(26-4)14(25-3)10-13(16)18/h10-11H,5-9,12H2,1-4H3. The maximum absolute atomic E-state index is 13.2. The van der Waals surface area contributed by atoms with Gasteiger partial charge in [0.05, 0.1) is 20.8 Å². The zero-order valence-electron chi connectivity index (χ0n) is 16.1. The lowest BCUT2D eigenvalue weighted by Crippen LogP contribution is -2.39. The van der Waals surface area contributed by atoms with E-state index in [1.807, 2.05) is 4.90 Å². The van der Waals surface area contributed by atoms with Gasteiger partial charge in [0.15, 0.2) is 11.5 Å². The number of hydrogen-bond donors (Lipinski definition) is 0. The van der Waals surface area contributed by atoms with Gasteiger partial charge in [-0.15, -0.1) is 0 Å². The van der Waals surface area contributed by atoms with Gasteiger partial charge in [0.2, 0.25) is 15.9 Å². The molecule has 1 aliphatic heterocycles. The SMILES string of the molecule is COc1cc(Br)c(S(=O)(=O)N2CCCN(CC(=O)N(C)C)CC2)cc1OC. The van der Waals surface area contributed by atoms with Gasteiger partial charge < -0.3 is 14.4 Å². The Morgan fingerprint density at radius 3 is 2.33 bits per heavy atom. The van der Waals surface area contributed by atoms with E-state index < -0.39 is 10.0 Å². The third-order valence-electron chi connectivity index (χ3n) is 4.46. The fourth-order valence-electron chi connectivity index (χ4n) is 2.85. The number of nitrogens with zero attached hydrogens (tertiary/aromatic N) is 3. The summed E-state index contributed by atoms with van der Waals surface area (Å²) < 4.78 is 38.7. The topological polar surface area (TPSA) is 79.4 Å². The molecule has 0 atom stereocenters. The van der Waals surface area contributed by atoms with E-state index in [2.05, 4.69) is 15.9 Å². The summed E-state index contributed by atoms with van der Waals surface area (Å²) in [5.74, 6) is 0.814. The first-order valence-corrected chi connectivity index (χ1v) is 10.8. The first kappa shape index (κ1) is 21.9. The van der Waals surface area contributed by atoms with Crippen molar-refractivity contribution in [2.45, 2.75) is 11.3 Å². The first-order chi connectivity index (χ1) is 12.7. The Hall–Kier alpha value is -1.36. The highest BCUT2D eigenvalue weighted by atomic mass is 79.9. The predicted molar refractivity (Wildman–Crippen MR) is 106 cm³/mol. The number of sulfonamides is 1. The van der Waals surface area contributed by atoms with Crippen LogP contribution in [0.15, 0.2) is 21.5 Å². The highest BCUT2D eigenvalue weighted by molar-refractivity contribution is 9.10. The molecule has 0 spiro atoms. The lowest BCUT2D eigenvalue weighted by atomic mass is 10.3. The number of benzene rings is 1. The average molecular weight is 464 g/mol. The summed E-state index contributed by atoms with van der Waals surface area (Å²) in [5, 5.41) is 0. The summed E-state index contributed by atoms with van der Waals surface area (Å²) in [5.41, 5.74) is 0.